The van der Waals surface area contributed by atoms with Crippen molar-refractivity contribution >= 4 is 23.4 Å². The Morgan fingerprint density at radius 3 is 2.68 bits per heavy atom. The molecule has 0 radical (unpaired) electrons. The van der Waals surface area contributed by atoms with Crippen LogP contribution in [0, 0.1) is 0 Å². The van der Waals surface area contributed by atoms with Crippen molar-refractivity contribution in [1.82, 2.24) is 9.55 Å². The molecule has 1 aliphatic rings. The maximum Gasteiger partial charge on any atom is 0.255 e. The van der Waals surface area contributed by atoms with Crippen LogP contribution in [0.3, 0.4) is 0 Å². The molecule has 0 unspecified atom stereocenters. The van der Waals surface area contributed by atoms with Crippen molar-refractivity contribution in [3.63, 3.8) is 0 Å². The lowest BCUT2D eigenvalue weighted by molar-refractivity contribution is 0.102. The fourth-order valence-corrected chi connectivity index (χ4v) is 3.96. The van der Waals surface area contributed by atoms with Crippen LogP contribution in [-0.4, -0.2) is 27.8 Å². The first kappa shape index (κ1) is 18.6. The number of anilines is 1. The summed E-state index contributed by atoms with van der Waals surface area (Å²) in [6.45, 7) is 3.85. The fraction of sp³-hybridized carbons (Fsp3) is 0.273. The van der Waals surface area contributed by atoms with Crippen LogP contribution in [0.4, 0.5) is 5.69 Å². The first-order valence-electron chi connectivity index (χ1n) is 9.57. The summed E-state index contributed by atoms with van der Waals surface area (Å²) < 4.78 is 7.82. The summed E-state index contributed by atoms with van der Waals surface area (Å²) >= 11 is 1.78. The first-order valence-corrected chi connectivity index (χ1v) is 10.6. The van der Waals surface area contributed by atoms with E-state index in [2.05, 4.69) is 28.0 Å². The minimum Gasteiger partial charge on any atom is -0.494 e. The molecule has 4 rings (SSSR count). The number of unbranched alkanes of at least 4 members (excludes halogenated alkanes) is 1. The number of nitrogens with zero attached hydrogens (tertiary/aromatic N) is 2. The summed E-state index contributed by atoms with van der Waals surface area (Å²) in [5, 5.41) is 4.02. The molecule has 0 bridgehead atoms. The van der Waals surface area contributed by atoms with Crippen LogP contribution >= 0.6 is 11.8 Å². The number of fused-ring (bicyclic) bond motifs is 1. The van der Waals surface area contributed by atoms with E-state index < -0.39 is 0 Å². The van der Waals surface area contributed by atoms with Crippen molar-refractivity contribution in [2.45, 2.75) is 31.5 Å². The van der Waals surface area contributed by atoms with Gasteiger partial charge in [0, 0.05) is 35.3 Å². The monoisotopic (exact) mass is 393 g/mol. The predicted octanol–water partition coefficient (Wildman–Crippen LogP) is 5.09. The molecule has 0 fully saturated rings. The molecule has 1 N–H and O–H groups in total. The topological polar surface area (TPSA) is 56.1 Å². The number of carbonyl (C=O) groups excluding carboxylic acids is 1. The van der Waals surface area contributed by atoms with Gasteiger partial charge in [0.2, 0.25) is 0 Å². The summed E-state index contributed by atoms with van der Waals surface area (Å²) in [4.78, 5) is 17.1. The van der Waals surface area contributed by atoms with E-state index in [0.717, 1.165) is 53.0 Å². The third-order valence-corrected chi connectivity index (χ3v) is 5.60. The van der Waals surface area contributed by atoms with Gasteiger partial charge < -0.3 is 14.6 Å². The molecule has 0 spiro atoms. The molecule has 0 atom stereocenters. The highest BCUT2D eigenvalue weighted by Gasteiger charge is 2.15. The molecular formula is C22H23N3O2S. The van der Waals surface area contributed by atoms with E-state index in [-0.39, 0.29) is 5.91 Å². The van der Waals surface area contributed by atoms with Gasteiger partial charge in [0.05, 0.1) is 12.3 Å². The van der Waals surface area contributed by atoms with E-state index in [4.69, 9.17) is 4.74 Å². The highest BCUT2D eigenvalue weighted by atomic mass is 32.2. The standard InChI is InChI=1S/C22H23N3O2S/c1-2-3-13-27-19-10-6-17(7-11-19)21(26)23-18-8-4-16(5-9-18)20-15-25-12-14-28-22(25)24-20/h4-11,15H,2-3,12-14H2,1H3,(H,23,26). The second-order valence-electron chi connectivity index (χ2n) is 6.71. The zero-order valence-corrected chi connectivity index (χ0v) is 16.7. The molecule has 0 saturated carbocycles. The van der Waals surface area contributed by atoms with Gasteiger partial charge in [-0.25, -0.2) is 4.98 Å². The number of aromatic nitrogens is 2. The van der Waals surface area contributed by atoms with Gasteiger partial charge in [0.25, 0.3) is 5.91 Å². The molecule has 0 saturated heterocycles. The number of benzene rings is 2. The average molecular weight is 394 g/mol. The molecule has 1 amide bonds. The summed E-state index contributed by atoms with van der Waals surface area (Å²) in [5.41, 5.74) is 3.39. The van der Waals surface area contributed by atoms with E-state index in [1.54, 1.807) is 23.9 Å². The van der Waals surface area contributed by atoms with Gasteiger partial charge in [-0.15, -0.1) is 0 Å². The predicted molar refractivity (Wildman–Crippen MR) is 113 cm³/mol. The van der Waals surface area contributed by atoms with Crippen molar-refractivity contribution in [3.8, 4) is 17.0 Å². The third-order valence-electron chi connectivity index (χ3n) is 4.62. The smallest absolute Gasteiger partial charge is 0.255 e. The van der Waals surface area contributed by atoms with Crippen molar-refractivity contribution in [3.05, 3.63) is 60.3 Å². The zero-order valence-electron chi connectivity index (χ0n) is 15.9. The molecule has 1 aliphatic heterocycles. The molecule has 2 aromatic carbocycles. The Kier molecular flexibility index (Phi) is 5.67. The van der Waals surface area contributed by atoms with Gasteiger partial charge >= 0.3 is 0 Å². The maximum atomic E-state index is 12.5. The number of carbonyl (C=O) groups is 1. The highest BCUT2D eigenvalue weighted by Crippen LogP contribution is 2.29. The Balaban J connectivity index is 1.37. The number of ether oxygens (including phenoxy) is 1. The van der Waals surface area contributed by atoms with Crippen molar-refractivity contribution in [2.24, 2.45) is 0 Å². The number of imidazole rings is 1. The van der Waals surface area contributed by atoms with Crippen molar-refractivity contribution < 1.29 is 9.53 Å². The Labute approximate surface area is 169 Å². The molecule has 1 aromatic heterocycles. The summed E-state index contributed by atoms with van der Waals surface area (Å²) in [5.74, 6) is 1.75. The van der Waals surface area contributed by atoms with E-state index in [1.807, 2.05) is 36.4 Å². The fourth-order valence-electron chi connectivity index (χ4n) is 3.01. The number of thioether (sulfide) groups is 1. The quantitative estimate of drug-likeness (QED) is 0.568. The Bertz CT molecular complexity index is 927. The minimum absolute atomic E-state index is 0.134. The van der Waals surface area contributed by atoms with Crippen LogP contribution in [0.15, 0.2) is 59.9 Å². The van der Waals surface area contributed by atoms with Gasteiger partial charge in [-0.1, -0.05) is 37.2 Å². The van der Waals surface area contributed by atoms with Crippen LogP contribution in [0.5, 0.6) is 5.75 Å². The SMILES string of the molecule is CCCCOc1ccc(C(=O)Nc2ccc(-c3cn4c(n3)SCC4)cc2)cc1. The zero-order chi connectivity index (χ0) is 19.3. The van der Waals surface area contributed by atoms with Crippen molar-refractivity contribution in [2.75, 3.05) is 17.7 Å². The normalized spacial score (nSPS) is 12.6. The first-order chi connectivity index (χ1) is 13.7. The summed E-state index contributed by atoms with van der Waals surface area (Å²) in [6, 6.07) is 15.0. The number of amides is 1. The number of aryl methyl sites for hydroxylation is 1. The van der Waals surface area contributed by atoms with Gasteiger partial charge in [0.15, 0.2) is 5.16 Å². The van der Waals surface area contributed by atoms with Gasteiger partial charge in [0.1, 0.15) is 5.75 Å². The van der Waals surface area contributed by atoms with E-state index in [9.17, 15) is 4.79 Å². The van der Waals surface area contributed by atoms with Crippen LogP contribution in [0.2, 0.25) is 0 Å². The highest BCUT2D eigenvalue weighted by molar-refractivity contribution is 7.99. The van der Waals surface area contributed by atoms with Crippen LogP contribution < -0.4 is 10.1 Å². The summed E-state index contributed by atoms with van der Waals surface area (Å²) in [7, 11) is 0. The van der Waals surface area contributed by atoms with Gasteiger partial charge in [-0.05, 0) is 42.8 Å². The number of rotatable bonds is 7. The average Bonchev–Trinajstić information content (AvgIpc) is 3.31. The van der Waals surface area contributed by atoms with E-state index in [0.29, 0.717) is 12.2 Å². The van der Waals surface area contributed by atoms with E-state index >= 15 is 0 Å². The molecule has 28 heavy (non-hydrogen) atoms. The van der Waals surface area contributed by atoms with Crippen molar-refractivity contribution in [1.29, 1.82) is 0 Å². The molecule has 5 nitrogen and oxygen atoms in total. The van der Waals surface area contributed by atoms with Gasteiger partial charge in [-0.2, -0.15) is 0 Å². The summed E-state index contributed by atoms with van der Waals surface area (Å²) in [6.07, 6.45) is 4.22. The van der Waals surface area contributed by atoms with E-state index in [1.165, 1.54) is 0 Å². The van der Waals surface area contributed by atoms with Crippen LogP contribution in [0.25, 0.3) is 11.3 Å². The Hall–Kier alpha value is -2.73. The van der Waals surface area contributed by atoms with Gasteiger partial charge in [-0.3, -0.25) is 4.79 Å². The Morgan fingerprint density at radius 1 is 1.18 bits per heavy atom. The molecular weight excluding hydrogens is 370 g/mol. The third kappa shape index (κ3) is 4.22. The number of hydrogen-bond donors (Lipinski definition) is 1. The minimum atomic E-state index is -0.134. The Morgan fingerprint density at radius 2 is 1.96 bits per heavy atom. The van der Waals surface area contributed by atoms with Crippen LogP contribution in [-0.2, 0) is 6.54 Å². The molecule has 6 heteroatoms. The van der Waals surface area contributed by atoms with Crippen LogP contribution in [0.1, 0.15) is 30.1 Å². The molecule has 2 heterocycles. The lowest BCUT2D eigenvalue weighted by Gasteiger charge is -2.08. The lowest BCUT2D eigenvalue weighted by atomic mass is 10.1. The molecule has 144 valence electrons. The molecule has 3 aromatic rings. The lowest BCUT2D eigenvalue weighted by Crippen LogP contribution is -2.11. The second kappa shape index (κ2) is 8.52. The number of hydrogen-bond acceptors (Lipinski definition) is 4. The maximum absolute atomic E-state index is 12.5. The largest absolute Gasteiger partial charge is 0.494 e. The molecule has 0 aliphatic carbocycles. The second-order valence-corrected chi connectivity index (χ2v) is 7.77. The number of nitrogens with one attached hydrogen (secondary N) is 1.